The number of carbonyl (C=O) groups is 1. The second-order valence-corrected chi connectivity index (χ2v) is 3.87. The van der Waals surface area contributed by atoms with Crippen LogP contribution in [0, 0.1) is 13.8 Å². The second kappa shape index (κ2) is 5.12. The fourth-order valence-electron chi connectivity index (χ4n) is 1.81. The van der Waals surface area contributed by atoms with Gasteiger partial charge in [-0.3, -0.25) is 10.1 Å². The highest BCUT2D eigenvalue weighted by atomic mass is 16.5. The molecule has 0 amide bonds. The Balaban J connectivity index is 2.73. The maximum atomic E-state index is 11.3. The minimum absolute atomic E-state index is 0.000324. The Kier molecular flexibility index (Phi) is 4.06. The van der Waals surface area contributed by atoms with Gasteiger partial charge in [0.05, 0.1) is 12.8 Å². The molecule has 2 unspecified atom stereocenters. The van der Waals surface area contributed by atoms with Crippen molar-refractivity contribution in [3.63, 3.8) is 0 Å². The lowest BCUT2D eigenvalue weighted by Crippen LogP contribution is -2.36. The molecule has 0 saturated heterocycles. The average molecular weight is 226 g/mol. The van der Waals surface area contributed by atoms with Gasteiger partial charge in [-0.1, -0.05) is 5.16 Å². The summed E-state index contributed by atoms with van der Waals surface area (Å²) in [6, 6.07) is -0.353. The van der Waals surface area contributed by atoms with Crippen LogP contribution in [0.2, 0.25) is 0 Å². The van der Waals surface area contributed by atoms with E-state index in [1.54, 1.807) is 6.92 Å². The Labute approximate surface area is 95.1 Å². The summed E-state index contributed by atoms with van der Waals surface area (Å²) in [7, 11) is 1.38. The summed E-state index contributed by atoms with van der Waals surface area (Å²) < 4.78 is 9.73. The molecule has 0 saturated carbocycles. The van der Waals surface area contributed by atoms with E-state index >= 15 is 0 Å². The monoisotopic (exact) mass is 226 g/mol. The maximum absolute atomic E-state index is 11.3. The first kappa shape index (κ1) is 12.7. The zero-order valence-corrected chi connectivity index (χ0v) is 10.3. The molecule has 0 aliphatic heterocycles. The van der Waals surface area contributed by atoms with Gasteiger partial charge in [-0.2, -0.15) is 0 Å². The molecule has 1 aromatic rings. The third kappa shape index (κ3) is 2.61. The SMILES string of the molecule is COC(=O)C(C)NC(C)c1c(C)noc1C. The van der Waals surface area contributed by atoms with Crippen molar-refractivity contribution in [3.8, 4) is 0 Å². The number of methoxy groups -OCH3 is 1. The molecule has 1 N–H and O–H groups in total. The molecule has 0 radical (unpaired) electrons. The van der Waals surface area contributed by atoms with Gasteiger partial charge in [-0.05, 0) is 27.7 Å². The number of hydrogen-bond acceptors (Lipinski definition) is 5. The zero-order valence-electron chi connectivity index (χ0n) is 10.3. The van der Waals surface area contributed by atoms with Gasteiger partial charge in [0.15, 0.2) is 0 Å². The highest BCUT2D eigenvalue weighted by molar-refractivity contribution is 5.75. The van der Waals surface area contributed by atoms with Gasteiger partial charge in [0.1, 0.15) is 11.8 Å². The molecule has 0 spiro atoms. The normalized spacial score (nSPS) is 14.6. The lowest BCUT2D eigenvalue weighted by Gasteiger charge is -2.18. The van der Waals surface area contributed by atoms with Crippen molar-refractivity contribution in [2.45, 2.75) is 39.8 Å². The summed E-state index contributed by atoms with van der Waals surface area (Å²) >= 11 is 0. The number of aryl methyl sites for hydroxylation is 2. The lowest BCUT2D eigenvalue weighted by atomic mass is 10.1. The molecule has 0 bridgehead atoms. The van der Waals surface area contributed by atoms with E-state index in [1.165, 1.54) is 7.11 Å². The zero-order chi connectivity index (χ0) is 12.3. The highest BCUT2D eigenvalue weighted by Gasteiger charge is 2.21. The topological polar surface area (TPSA) is 64.4 Å². The summed E-state index contributed by atoms with van der Waals surface area (Å²) in [4.78, 5) is 11.3. The lowest BCUT2D eigenvalue weighted by molar-refractivity contribution is -0.142. The van der Waals surface area contributed by atoms with E-state index < -0.39 is 0 Å². The molecule has 5 heteroatoms. The Bertz CT molecular complexity index is 354. The quantitative estimate of drug-likeness (QED) is 0.788. The number of rotatable bonds is 4. The van der Waals surface area contributed by atoms with Crippen molar-refractivity contribution in [3.05, 3.63) is 17.0 Å². The molecular weight excluding hydrogens is 208 g/mol. The first-order chi connectivity index (χ1) is 7.47. The Hall–Kier alpha value is -1.36. The van der Waals surface area contributed by atoms with Gasteiger partial charge >= 0.3 is 5.97 Å². The number of esters is 1. The van der Waals surface area contributed by atoms with Crippen LogP contribution in [-0.2, 0) is 9.53 Å². The summed E-state index contributed by atoms with van der Waals surface area (Å²) in [6.07, 6.45) is 0. The molecule has 1 heterocycles. The molecule has 0 aromatic carbocycles. The smallest absolute Gasteiger partial charge is 0.322 e. The Morgan fingerprint density at radius 3 is 2.50 bits per heavy atom. The third-order valence-corrected chi connectivity index (χ3v) is 2.58. The molecular formula is C11H18N2O3. The van der Waals surface area contributed by atoms with Crippen molar-refractivity contribution < 1.29 is 14.1 Å². The molecule has 2 atom stereocenters. The molecule has 90 valence electrons. The molecule has 16 heavy (non-hydrogen) atoms. The van der Waals surface area contributed by atoms with Crippen LogP contribution in [-0.4, -0.2) is 24.3 Å². The first-order valence-electron chi connectivity index (χ1n) is 5.24. The largest absolute Gasteiger partial charge is 0.468 e. The maximum Gasteiger partial charge on any atom is 0.322 e. The molecule has 0 aliphatic rings. The van der Waals surface area contributed by atoms with Gasteiger partial charge in [0.25, 0.3) is 0 Å². The molecule has 1 rings (SSSR count). The van der Waals surface area contributed by atoms with Crippen LogP contribution in [0.1, 0.15) is 36.9 Å². The molecule has 1 aromatic heterocycles. The van der Waals surface area contributed by atoms with Crippen LogP contribution in [0.3, 0.4) is 0 Å². The number of aromatic nitrogens is 1. The van der Waals surface area contributed by atoms with Gasteiger partial charge < -0.3 is 9.26 Å². The number of carbonyl (C=O) groups excluding carboxylic acids is 1. The van der Waals surface area contributed by atoms with Crippen molar-refractivity contribution in [2.24, 2.45) is 0 Å². The van der Waals surface area contributed by atoms with Gasteiger partial charge in [0, 0.05) is 11.6 Å². The second-order valence-electron chi connectivity index (χ2n) is 3.87. The van der Waals surface area contributed by atoms with E-state index in [1.807, 2.05) is 20.8 Å². The van der Waals surface area contributed by atoms with Crippen LogP contribution >= 0.6 is 0 Å². The van der Waals surface area contributed by atoms with Crippen LogP contribution in [0.25, 0.3) is 0 Å². The third-order valence-electron chi connectivity index (χ3n) is 2.58. The Morgan fingerprint density at radius 2 is 2.06 bits per heavy atom. The van der Waals surface area contributed by atoms with E-state index in [9.17, 15) is 4.79 Å². The van der Waals surface area contributed by atoms with Gasteiger partial charge in [0.2, 0.25) is 0 Å². The van der Waals surface area contributed by atoms with E-state index in [0.29, 0.717) is 0 Å². The van der Waals surface area contributed by atoms with Crippen molar-refractivity contribution in [1.82, 2.24) is 10.5 Å². The average Bonchev–Trinajstić information content (AvgIpc) is 2.57. The first-order valence-corrected chi connectivity index (χ1v) is 5.24. The van der Waals surface area contributed by atoms with Gasteiger partial charge in [-0.15, -0.1) is 0 Å². The summed E-state index contributed by atoms with van der Waals surface area (Å²) in [5.74, 6) is 0.494. The minimum Gasteiger partial charge on any atom is -0.468 e. The Morgan fingerprint density at radius 1 is 1.44 bits per heavy atom. The van der Waals surface area contributed by atoms with Crippen LogP contribution < -0.4 is 5.32 Å². The number of nitrogens with one attached hydrogen (secondary N) is 1. The summed E-state index contributed by atoms with van der Waals surface area (Å²) in [5.41, 5.74) is 1.84. The molecule has 0 aliphatic carbocycles. The van der Waals surface area contributed by atoms with E-state index in [4.69, 9.17) is 4.52 Å². The predicted octanol–water partition coefficient (Wildman–Crippen LogP) is 1.50. The summed E-state index contributed by atoms with van der Waals surface area (Å²) in [5, 5.41) is 7.02. The standard InChI is InChI=1S/C11H18N2O3/c1-6(12-8(3)11(14)15-5)10-7(2)13-16-9(10)4/h6,8,12H,1-5H3. The number of ether oxygens (including phenoxy) is 1. The van der Waals surface area contributed by atoms with E-state index in [0.717, 1.165) is 17.0 Å². The van der Waals surface area contributed by atoms with Crippen LogP contribution in [0.5, 0.6) is 0 Å². The van der Waals surface area contributed by atoms with Crippen molar-refractivity contribution >= 4 is 5.97 Å². The predicted molar refractivity (Wildman–Crippen MR) is 59.0 cm³/mol. The van der Waals surface area contributed by atoms with Crippen LogP contribution in [0.15, 0.2) is 4.52 Å². The summed E-state index contributed by atoms with van der Waals surface area (Å²) in [6.45, 7) is 7.47. The highest BCUT2D eigenvalue weighted by Crippen LogP contribution is 2.21. The van der Waals surface area contributed by atoms with Crippen molar-refractivity contribution in [2.75, 3.05) is 7.11 Å². The van der Waals surface area contributed by atoms with Gasteiger partial charge in [-0.25, -0.2) is 0 Å². The fourth-order valence-corrected chi connectivity index (χ4v) is 1.81. The minimum atomic E-state index is -0.353. The number of hydrogen-bond donors (Lipinski definition) is 1. The molecule has 0 fully saturated rings. The van der Waals surface area contributed by atoms with Crippen LogP contribution in [0.4, 0.5) is 0 Å². The van der Waals surface area contributed by atoms with E-state index in [-0.39, 0.29) is 18.1 Å². The molecule has 5 nitrogen and oxygen atoms in total. The van der Waals surface area contributed by atoms with Crippen molar-refractivity contribution in [1.29, 1.82) is 0 Å². The number of nitrogens with zero attached hydrogens (tertiary/aromatic N) is 1. The van der Waals surface area contributed by atoms with E-state index in [2.05, 4.69) is 15.2 Å². The fraction of sp³-hybridized carbons (Fsp3) is 0.636.